The molecule has 7 heteroatoms. The average Bonchev–Trinajstić information content (AvgIpc) is 2.61. The first kappa shape index (κ1) is 19.4. The number of hydrogen-bond acceptors (Lipinski definition) is 7. The summed E-state index contributed by atoms with van der Waals surface area (Å²) in [6.07, 6.45) is 0. The van der Waals surface area contributed by atoms with E-state index < -0.39 is 11.9 Å². The molecule has 0 amide bonds. The van der Waals surface area contributed by atoms with Crippen molar-refractivity contribution in [1.82, 2.24) is 5.32 Å². The number of nitrogens with zero attached hydrogens (tertiary/aromatic N) is 1. The smallest absolute Gasteiger partial charge is 0.357 e. The Morgan fingerprint density at radius 1 is 0.923 bits per heavy atom. The van der Waals surface area contributed by atoms with Gasteiger partial charge in [-0.15, -0.1) is 0 Å². The Balaban J connectivity index is 2.60. The van der Waals surface area contributed by atoms with E-state index >= 15 is 0 Å². The van der Waals surface area contributed by atoms with Gasteiger partial charge in [-0.2, -0.15) is 0 Å². The summed E-state index contributed by atoms with van der Waals surface area (Å²) in [5, 5.41) is 3.07. The third kappa shape index (κ3) is 3.82. The maximum Gasteiger partial charge on any atom is 0.357 e. The van der Waals surface area contributed by atoms with Gasteiger partial charge in [-0.25, -0.2) is 9.59 Å². The fourth-order valence-electron chi connectivity index (χ4n) is 2.72. The number of benzene rings is 1. The molecular weight excluding hydrogens is 336 g/mol. The number of allylic oxidation sites excluding steroid dienone is 2. The van der Waals surface area contributed by atoms with Gasteiger partial charge in [0.25, 0.3) is 0 Å². The molecule has 1 heterocycles. The predicted molar refractivity (Wildman–Crippen MR) is 97.3 cm³/mol. The lowest BCUT2D eigenvalue weighted by atomic mass is 10.1. The summed E-state index contributed by atoms with van der Waals surface area (Å²) in [7, 11) is 1.57. The van der Waals surface area contributed by atoms with E-state index in [9.17, 15) is 9.59 Å². The van der Waals surface area contributed by atoms with Crippen LogP contribution in [0.2, 0.25) is 0 Å². The first-order valence-electron chi connectivity index (χ1n) is 8.41. The Kier molecular flexibility index (Phi) is 6.27. The van der Waals surface area contributed by atoms with Gasteiger partial charge in [0.2, 0.25) is 0 Å². The molecule has 26 heavy (non-hydrogen) atoms. The summed E-state index contributed by atoms with van der Waals surface area (Å²) in [5.74, 6) is -0.383. The molecule has 0 unspecified atom stereocenters. The zero-order chi connectivity index (χ0) is 19.3. The van der Waals surface area contributed by atoms with Crippen molar-refractivity contribution in [3.05, 3.63) is 47.1 Å². The Hall–Kier alpha value is -2.96. The molecule has 0 atom stereocenters. The van der Waals surface area contributed by atoms with Gasteiger partial charge in [-0.3, -0.25) is 4.90 Å². The number of hydrogen-bond donors (Lipinski definition) is 1. The number of ether oxygens (including phenoxy) is 3. The maximum absolute atomic E-state index is 12.6. The fraction of sp³-hybridized carbons (Fsp3) is 0.368. The van der Waals surface area contributed by atoms with E-state index in [1.165, 1.54) is 0 Å². The minimum absolute atomic E-state index is 0.226. The zero-order valence-electron chi connectivity index (χ0n) is 15.7. The van der Waals surface area contributed by atoms with Gasteiger partial charge in [-0.05, 0) is 52.0 Å². The minimum Gasteiger partial charge on any atom is -0.497 e. The predicted octanol–water partition coefficient (Wildman–Crippen LogP) is 2.69. The van der Waals surface area contributed by atoms with Crippen LogP contribution in [-0.4, -0.2) is 32.3 Å². The van der Waals surface area contributed by atoms with Gasteiger partial charge in [-0.1, -0.05) is 0 Å². The van der Waals surface area contributed by atoms with Gasteiger partial charge in [0.05, 0.1) is 20.3 Å². The number of methoxy groups -OCH3 is 1. The van der Waals surface area contributed by atoms with Crippen molar-refractivity contribution >= 4 is 17.6 Å². The van der Waals surface area contributed by atoms with Crippen LogP contribution >= 0.6 is 0 Å². The van der Waals surface area contributed by atoms with Crippen molar-refractivity contribution in [2.75, 3.05) is 25.2 Å². The number of carbonyl (C=O) groups is 2. The van der Waals surface area contributed by atoms with Crippen molar-refractivity contribution in [1.29, 1.82) is 0 Å². The molecule has 0 aliphatic carbocycles. The molecular formula is C19H24N2O5. The molecule has 0 fully saturated rings. The van der Waals surface area contributed by atoms with E-state index in [0.29, 0.717) is 22.8 Å². The average molecular weight is 360 g/mol. The highest BCUT2D eigenvalue weighted by Crippen LogP contribution is 2.33. The van der Waals surface area contributed by atoms with Crippen LogP contribution in [0.15, 0.2) is 47.1 Å². The minimum atomic E-state index is -0.525. The van der Waals surface area contributed by atoms with E-state index in [2.05, 4.69) is 5.32 Å². The van der Waals surface area contributed by atoms with Gasteiger partial charge in [0.1, 0.15) is 5.75 Å². The van der Waals surface area contributed by atoms with Crippen LogP contribution in [0.25, 0.3) is 0 Å². The van der Waals surface area contributed by atoms with Crippen molar-refractivity contribution < 1.29 is 23.8 Å². The molecule has 1 N–H and O–H groups in total. The highest BCUT2D eigenvalue weighted by molar-refractivity contribution is 6.03. The van der Waals surface area contributed by atoms with Crippen LogP contribution in [0.1, 0.15) is 27.7 Å². The molecule has 0 saturated carbocycles. The van der Waals surface area contributed by atoms with E-state index in [4.69, 9.17) is 14.2 Å². The first-order valence-corrected chi connectivity index (χ1v) is 8.41. The molecule has 0 radical (unpaired) electrons. The summed E-state index contributed by atoms with van der Waals surface area (Å²) in [6.45, 7) is 7.43. The summed E-state index contributed by atoms with van der Waals surface area (Å²) >= 11 is 0. The molecule has 1 aromatic rings. The van der Waals surface area contributed by atoms with Crippen LogP contribution in [0.4, 0.5) is 5.69 Å². The Morgan fingerprint density at radius 3 is 1.77 bits per heavy atom. The molecule has 140 valence electrons. The van der Waals surface area contributed by atoms with Crippen LogP contribution in [0, 0.1) is 0 Å². The number of rotatable bonds is 6. The van der Waals surface area contributed by atoms with E-state index in [1.807, 2.05) is 0 Å². The number of esters is 2. The first-order chi connectivity index (χ1) is 12.4. The lowest BCUT2D eigenvalue weighted by Gasteiger charge is -2.34. The molecule has 2 rings (SSSR count). The van der Waals surface area contributed by atoms with E-state index in [-0.39, 0.29) is 24.6 Å². The second-order valence-electron chi connectivity index (χ2n) is 5.55. The number of anilines is 1. The van der Waals surface area contributed by atoms with Crippen molar-refractivity contribution in [3.8, 4) is 5.75 Å². The molecule has 1 aromatic carbocycles. The quantitative estimate of drug-likeness (QED) is 0.782. The third-order valence-electron chi connectivity index (χ3n) is 3.80. The molecule has 0 spiro atoms. The Morgan fingerprint density at radius 2 is 1.38 bits per heavy atom. The molecule has 0 saturated heterocycles. The van der Waals surface area contributed by atoms with Gasteiger partial charge < -0.3 is 19.5 Å². The Bertz CT molecular complexity index is 710. The second kappa shape index (κ2) is 8.42. The third-order valence-corrected chi connectivity index (χ3v) is 3.80. The zero-order valence-corrected chi connectivity index (χ0v) is 15.7. The van der Waals surface area contributed by atoms with Gasteiger partial charge >= 0.3 is 11.9 Å². The fourth-order valence-corrected chi connectivity index (χ4v) is 2.72. The molecule has 0 aromatic heterocycles. The van der Waals surface area contributed by atoms with Crippen LogP contribution in [-0.2, 0) is 19.1 Å². The van der Waals surface area contributed by atoms with Crippen molar-refractivity contribution in [2.24, 2.45) is 0 Å². The maximum atomic E-state index is 12.6. The molecule has 7 nitrogen and oxygen atoms in total. The highest BCUT2D eigenvalue weighted by Gasteiger charge is 2.35. The number of carbonyl (C=O) groups excluding carboxylic acids is 2. The topological polar surface area (TPSA) is 77.1 Å². The van der Waals surface area contributed by atoms with E-state index in [0.717, 1.165) is 0 Å². The van der Waals surface area contributed by atoms with Crippen molar-refractivity contribution in [3.63, 3.8) is 0 Å². The second-order valence-corrected chi connectivity index (χ2v) is 5.55. The lowest BCUT2D eigenvalue weighted by molar-refractivity contribution is -0.139. The Labute approximate surface area is 153 Å². The summed E-state index contributed by atoms with van der Waals surface area (Å²) in [4.78, 5) is 26.7. The van der Waals surface area contributed by atoms with E-state index in [1.54, 1.807) is 64.0 Å². The number of nitrogens with one attached hydrogen (secondary N) is 1. The van der Waals surface area contributed by atoms with Crippen LogP contribution in [0.5, 0.6) is 5.75 Å². The van der Waals surface area contributed by atoms with Crippen molar-refractivity contribution in [2.45, 2.75) is 27.7 Å². The monoisotopic (exact) mass is 360 g/mol. The SMILES string of the molecule is CCOC(=O)C1=C(C)NC(C)=C(C(=O)OCC)N1c1ccc(OC)cc1. The van der Waals surface area contributed by atoms with Gasteiger partial charge in [0, 0.05) is 17.1 Å². The molecule has 1 aliphatic heterocycles. The largest absolute Gasteiger partial charge is 0.497 e. The molecule has 1 aliphatic rings. The summed E-state index contributed by atoms with van der Waals surface area (Å²) in [5.41, 5.74) is 2.28. The normalized spacial score (nSPS) is 14.1. The standard InChI is InChI=1S/C19H24N2O5/c1-6-25-18(22)16-12(3)20-13(4)17(19(23)26-7-2)21(16)14-8-10-15(24-5)11-9-14/h8-11,20H,6-7H2,1-5H3. The highest BCUT2D eigenvalue weighted by atomic mass is 16.5. The molecule has 0 bridgehead atoms. The van der Waals surface area contributed by atoms with Gasteiger partial charge in [0.15, 0.2) is 11.4 Å². The lowest BCUT2D eigenvalue weighted by Crippen LogP contribution is -2.41. The summed E-state index contributed by atoms with van der Waals surface area (Å²) in [6, 6.07) is 7.05. The summed E-state index contributed by atoms with van der Waals surface area (Å²) < 4.78 is 15.6. The van der Waals surface area contributed by atoms with Crippen LogP contribution in [0.3, 0.4) is 0 Å². The van der Waals surface area contributed by atoms with Crippen LogP contribution < -0.4 is 15.0 Å².